The molecule has 1 aliphatic rings. The van der Waals surface area contributed by atoms with Gasteiger partial charge in [0.25, 0.3) is 0 Å². The van der Waals surface area contributed by atoms with Crippen LogP contribution in [0, 0.1) is 5.92 Å². The standard InChI is InChI=1S/C12H17N3O2/c1-17-12(16)9-5-6-14-11(10(9)13)15-7-8-3-2-4-8/h5-6,8H,2-4,7,13H2,1H3,(H,14,15). The van der Waals surface area contributed by atoms with E-state index in [1.807, 2.05) is 0 Å². The molecule has 1 aliphatic carbocycles. The van der Waals surface area contributed by atoms with E-state index >= 15 is 0 Å². The summed E-state index contributed by atoms with van der Waals surface area (Å²) in [5.41, 5.74) is 6.60. The van der Waals surface area contributed by atoms with Crippen molar-refractivity contribution in [1.82, 2.24) is 4.98 Å². The third kappa shape index (κ3) is 2.49. The molecule has 17 heavy (non-hydrogen) atoms. The van der Waals surface area contributed by atoms with Crippen LogP contribution in [0.25, 0.3) is 0 Å². The largest absolute Gasteiger partial charge is 0.465 e. The molecule has 5 heteroatoms. The highest BCUT2D eigenvalue weighted by Gasteiger charge is 2.18. The molecule has 1 aromatic rings. The summed E-state index contributed by atoms with van der Waals surface area (Å²) in [6, 6.07) is 1.57. The number of hydrogen-bond donors (Lipinski definition) is 2. The number of rotatable bonds is 4. The molecule has 92 valence electrons. The van der Waals surface area contributed by atoms with Crippen molar-refractivity contribution >= 4 is 17.5 Å². The van der Waals surface area contributed by atoms with E-state index in [0.29, 0.717) is 23.0 Å². The van der Waals surface area contributed by atoms with Gasteiger partial charge in [0.2, 0.25) is 0 Å². The minimum atomic E-state index is -0.434. The normalized spacial score (nSPS) is 15.1. The molecule has 2 rings (SSSR count). The van der Waals surface area contributed by atoms with Gasteiger partial charge in [-0.3, -0.25) is 0 Å². The summed E-state index contributed by atoms with van der Waals surface area (Å²) in [6.45, 7) is 0.863. The van der Waals surface area contributed by atoms with Crippen molar-refractivity contribution in [2.75, 3.05) is 24.7 Å². The number of nitrogen functional groups attached to an aromatic ring is 1. The van der Waals surface area contributed by atoms with Gasteiger partial charge in [-0.05, 0) is 24.8 Å². The molecule has 1 saturated carbocycles. The van der Waals surface area contributed by atoms with E-state index in [-0.39, 0.29) is 0 Å². The van der Waals surface area contributed by atoms with Crippen LogP contribution in [-0.4, -0.2) is 24.6 Å². The third-order valence-corrected chi connectivity index (χ3v) is 3.18. The van der Waals surface area contributed by atoms with Crippen molar-refractivity contribution < 1.29 is 9.53 Å². The van der Waals surface area contributed by atoms with Crippen LogP contribution in [0.15, 0.2) is 12.3 Å². The van der Waals surface area contributed by atoms with Crippen LogP contribution in [0.4, 0.5) is 11.5 Å². The second-order valence-corrected chi connectivity index (χ2v) is 4.29. The first-order valence-electron chi connectivity index (χ1n) is 5.79. The first-order valence-corrected chi connectivity index (χ1v) is 5.79. The first-order chi connectivity index (χ1) is 8.22. The lowest BCUT2D eigenvalue weighted by molar-refractivity contribution is 0.0602. The molecule has 5 nitrogen and oxygen atoms in total. The number of pyridine rings is 1. The molecule has 0 amide bonds. The number of nitrogens with one attached hydrogen (secondary N) is 1. The zero-order valence-electron chi connectivity index (χ0n) is 9.90. The van der Waals surface area contributed by atoms with Crippen molar-refractivity contribution in [3.8, 4) is 0 Å². The Bertz CT molecular complexity index is 416. The van der Waals surface area contributed by atoms with Crippen LogP contribution in [0.5, 0.6) is 0 Å². The van der Waals surface area contributed by atoms with Gasteiger partial charge in [-0.15, -0.1) is 0 Å². The highest BCUT2D eigenvalue weighted by atomic mass is 16.5. The van der Waals surface area contributed by atoms with Crippen molar-refractivity contribution in [2.45, 2.75) is 19.3 Å². The van der Waals surface area contributed by atoms with Crippen LogP contribution in [0.2, 0.25) is 0 Å². The monoisotopic (exact) mass is 235 g/mol. The fourth-order valence-electron chi connectivity index (χ4n) is 1.84. The van der Waals surface area contributed by atoms with Crippen molar-refractivity contribution in [3.63, 3.8) is 0 Å². The van der Waals surface area contributed by atoms with E-state index in [1.165, 1.54) is 26.4 Å². The summed E-state index contributed by atoms with van der Waals surface area (Å²) >= 11 is 0. The fourth-order valence-corrected chi connectivity index (χ4v) is 1.84. The van der Waals surface area contributed by atoms with Gasteiger partial charge in [0, 0.05) is 12.7 Å². The van der Waals surface area contributed by atoms with Crippen molar-refractivity contribution in [3.05, 3.63) is 17.8 Å². The maximum atomic E-state index is 11.4. The Morgan fingerprint density at radius 1 is 1.65 bits per heavy atom. The molecule has 0 saturated heterocycles. The highest BCUT2D eigenvalue weighted by molar-refractivity contribution is 5.97. The molecule has 0 aliphatic heterocycles. The Morgan fingerprint density at radius 2 is 2.41 bits per heavy atom. The molecule has 0 aromatic carbocycles. The van der Waals surface area contributed by atoms with Gasteiger partial charge in [-0.1, -0.05) is 6.42 Å². The molecular formula is C12H17N3O2. The van der Waals surface area contributed by atoms with Crippen LogP contribution in [0.1, 0.15) is 29.6 Å². The lowest BCUT2D eigenvalue weighted by Crippen LogP contribution is -2.22. The van der Waals surface area contributed by atoms with Crippen LogP contribution >= 0.6 is 0 Å². The Morgan fingerprint density at radius 3 is 3.00 bits per heavy atom. The number of nitrogens with zero attached hydrogens (tertiary/aromatic N) is 1. The number of nitrogens with two attached hydrogens (primary N) is 1. The zero-order valence-corrected chi connectivity index (χ0v) is 9.90. The Hall–Kier alpha value is -1.78. The summed E-state index contributed by atoms with van der Waals surface area (Å²) in [5.74, 6) is 0.842. The quantitative estimate of drug-likeness (QED) is 0.776. The summed E-state index contributed by atoms with van der Waals surface area (Å²) in [6.07, 6.45) is 5.37. The number of hydrogen-bond acceptors (Lipinski definition) is 5. The summed E-state index contributed by atoms with van der Waals surface area (Å²) in [7, 11) is 1.34. The van der Waals surface area contributed by atoms with Crippen molar-refractivity contribution in [1.29, 1.82) is 0 Å². The number of anilines is 2. The second-order valence-electron chi connectivity index (χ2n) is 4.29. The van der Waals surface area contributed by atoms with E-state index in [1.54, 1.807) is 12.3 Å². The second kappa shape index (κ2) is 5.03. The third-order valence-electron chi connectivity index (χ3n) is 3.18. The van der Waals surface area contributed by atoms with Gasteiger partial charge in [0.15, 0.2) is 0 Å². The van der Waals surface area contributed by atoms with Crippen LogP contribution in [0.3, 0.4) is 0 Å². The Kier molecular flexibility index (Phi) is 3.46. The number of methoxy groups -OCH3 is 1. The molecule has 0 bridgehead atoms. The number of carbonyl (C=O) groups is 1. The highest BCUT2D eigenvalue weighted by Crippen LogP contribution is 2.27. The molecule has 0 radical (unpaired) electrons. The van der Waals surface area contributed by atoms with E-state index in [0.717, 1.165) is 6.54 Å². The van der Waals surface area contributed by atoms with Crippen LogP contribution in [-0.2, 0) is 4.74 Å². The van der Waals surface area contributed by atoms with E-state index in [4.69, 9.17) is 5.73 Å². The summed E-state index contributed by atoms with van der Waals surface area (Å²) in [4.78, 5) is 15.6. The zero-order chi connectivity index (χ0) is 12.3. The molecule has 0 unspecified atom stereocenters. The maximum absolute atomic E-state index is 11.4. The van der Waals surface area contributed by atoms with Gasteiger partial charge >= 0.3 is 5.97 Å². The topological polar surface area (TPSA) is 77.2 Å². The molecule has 0 atom stereocenters. The average Bonchev–Trinajstić information content (AvgIpc) is 2.28. The number of esters is 1. The fraction of sp³-hybridized carbons (Fsp3) is 0.500. The first kappa shape index (κ1) is 11.7. The van der Waals surface area contributed by atoms with Gasteiger partial charge < -0.3 is 15.8 Å². The minimum absolute atomic E-state index is 0.360. The molecular weight excluding hydrogens is 218 g/mol. The van der Waals surface area contributed by atoms with Gasteiger partial charge in [-0.25, -0.2) is 9.78 Å². The van der Waals surface area contributed by atoms with Gasteiger partial charge in [0.05, 0.1) is 18.4 Å². The molecule has 1 fully saturated rings. The van der Waals surface area contributed by atoms with Gasteiger partial charge in [0.1, 0.15) is 5.82 Å². The molecule has 1 heterocycles. The smallest absolute Gasteiger partial charge is 0.340 e. The SMILES string of the molecule is COC(=O)c1ccnc(NCC2CCC2)c1N. The van der Waals surface area contributed by atoms with E-state index in [9.17, 15) is 4.79 Å². The van der Waals surface area contributed by atoms with Crippen LogP contribution < -0.4 is 11.1 Å². The lowest BCUT2D eigenvalue weighted by atomic mass is 9.85. The van der Waals surface area contributed by atoms with Gasteiger partial charge in [-0.2, -0.15) is 0 Å². The number of aromatic nitrogens is 1. The molecule has 0 spiro atoms. The average molecular weight is 235 g/mol. The molecule has 3 N–H and O–H groups in total. The van der Waals surface area contributed by atoms with Crippen molar-refractivity contribution in [2.24, 2.45) is 5.92 Å². The summed E-state index contributed by atoms with van der Waals surface area (Å²) in [5, 5.41) is 3.19. The minimum Gasteiger partial charge on any atom is -0.465 e. The van der Waals surface area contributed by atoms with E-state index < -0.39 is 5.97 Å². The Labute approximate surface area is 100 Å². The lowest BCUT2D eigenvalue weighted by Gasteiger charge is -2.25. The predicted octanol–water partition coefficient (Wildman–Crippen LogP) is 1.66. The number of ether oxygens (including phenoxy) is 1. The number of carbonyl (C=O) groups excluding carboxylic acids is 1. The maximum Gasteiger partial charge on any atom is 0.340 e. The Balaban J connectivity index is 2.08. The van der Waals surface area contributed by atoms with E-state index in [2.05, 4.69) is 15.0 Å². The molecule has 1 aromatic heterocycles. The summed E-state index contributed by atoms with van der Waals surface area (Å²) < 4.78 is 4.66. The predicted molar refractivity (Wildman–Crippen MR) is 65.8 cm³/mol.